The summed E-state index contributed by atoms with van der Waals surface area (Å²) in [5, 5.41) is 27.3. The molecule has 1 aliphatic heterocycles. The molecule has 3 N–H and O–H groups in total. The minimum atomic E-state index is -0.446. The Kier molecular flexibility index (Phi) is 5.95. The summed E-state index contributed by atoms with van der Waals surface area (Å²) < 4.78 is 5.87. The molecule has 0 spiro atoms. The van der Waals surface area contributed by atoms with Crippen LogP contribution >= 0.6 is 0 Å². The second kappa shape index (κ2) is 8.81. The number of aromatic nitrogens is 2. The van der Waals surface area contributed by atoms with Crippen LogP contribution in [0.2, 0.25) is 0 Å². The number of nitrogens with one attached hydrogen (secondary N) is 1. The molecule has 4 rings (SSSR count). The maximum absolute atomic E-state index is 13.1. The standard InChI is InChI=1S/C24H27N3O4/c1-3-4-12-31-17-7-5-6-16(14-17)23-20-21(18-13-15(2)8-9-19(18)29)25-26-22(20)24(30)27(23)10-11-28/h5-9,13-14,23,28-29H,3-4,10-12H2,1-2H3,(H,25,26)/t23-/m1/s1. The van der Waals surface area contributed by atoms with Gasteiger partial charge < -0.3 is 19.8 Å². The largest absolute Gasteiger partial charge is 0.507 e. The number of phenols is 1. The number of carbonyl (C=O) groups is 1. The van der Waals surface area contributed by atoms with Crippen LogP contribution in [-0.2, 0) is 0 Å². The van der Waals surface area contributed by atoms with E-state index in [0.29, 0.717) is 29.1 Å². The van der Waals surface area contributed by atoms with E-state index in [1.165, 1.54) is 0 Å². The minimum Gasteiger partial charge on any atom is -0.507 e. The van der Waals surface area contributed by atoms with Crippen molar-refractivity contribution in [2.24, 2.45) is 0 Å². The van der Waals surface area contributed by atoms with Crippen molar-refractivity contribution in [3.63, 3.8) is 0 Å². The molecule has 0 bridgehead atoms. The zero-order valence-electron chi connectivity index (χ0n) is 17.8. The number of carbonyl (C=O) groups excluding carboxylic acids is 1. The second-order valence-corrected chi connectivity index (χ2v) is 7.78. The van der Waals surface area contributed by atoms with Gasteiger partial charge in [-0.15, -0.1) is 0 Å². The molecule has 7 nitrogen and oxygen atoms in total. The summed E-state index contributed by atoms with van der Waals surface area (Å²) in [5.74, 6) is 0.611. The van der Waals surface area contributed by atoms with Crippen LogP contribution in [0.5, 0.6) is 11.5 Å². The van der Waals surface area contributed by atoms with Crippen molar-refractivity contribution in [2.45, 2.75) is 32.7 Å². The van der Waals surface area contributed by atoms with Gasteiger partial charge in [-0.2, -0.15) is 5.10 Å². The zero-order valence-corrected chi connectivity index (χ0v) is 17.8. The van der Waals surface area contributed by atoms with Crippen LogP contribution in [0.1, 0.15) is 53.0 Å². The number of β-amino-alcohol motifs (C(OH)–C–C–N with tert-alkyl or cyclic N) is 1. The maximum Gasteiger partial charge on any atom is 0.273 e. The molecule has 31 heavy (non-hydrogen) atoms. The van der Waals surface area contributed by atoms with Crippen LogP contribution in [0.4, 0.5) is 0 Å². The monoisotopic (exact) mass is 421 g/mol. The summed E-state index contributed by atoms with van der Waals surface area (Å²) in [6, 6.07) is 12.5. The van der Waals surface area contributed by atoms with Crippen molar-refractivity contribution in [3.05, 3.63) is 64.8 Å². The number of aromatic hydroxyl groups is 1. The van der Waals surface area contributed by atoms with Crippen molar-refractivity contribution in [1.29, 1.82) is 0 Å². The normalized spacial score (nSPS) is 15.4. The van der Waals surface area contributed by atoms with Gasteiger partial charge in [-0.05, 0) is 43.2 Å². The molecule has 0 fully saturated rings. The van der Waals surface area contributed by atoms with Gasteiger partial charge >= 0.3 is 0 Å². The summed E-state index contributed by atoms with van der Waals surface area (Å²) in [6.45, 7) is 4.71. The molecule has 162 valence electrons. The molecule has 3 aromatic rings. The highest BCUT2D eigenvalue weighted by molar-refractivity contribution is 6.00. The fourth-order valence-electron chi connectivity index (χ4n) is 4.04. The quantitative estimate of drug-likeness (QED) is 0.481. The number of H-pyrrole nitrogens is 1. The van der Waals surface area contributed by atoms with Crippen LogP contribution in [0.25, 0.3) is 11.3 Å². The third-order valence-electron chi connectivity index (χ3n) is 5.55. The van der Waals surface area contributed by atoms with Gasteiger partial charge in [0.2, 0.25) is 0 Å². The van der Waals surface area contributed by atoms with Crippen molar-refractivity contribution in [2.75, 3.05) is 19.8 Å². The summed E-state index contributed by atoms with van der Waals surface area (Å²) in [5.41, 5.74) is 4.02. The molecule has 0 aliphatic carbocycles. The predicted octanol–water partition coefficient (Wildman–Crippen LogP) is 3.81. The minimum absolute atomic E-state index is 0.100. The third-order valence-corrected chi connectivity index (χ3v) is 5.55. The highest BCUT2D eigenvalue weighted by Crippen LogP contribution is 2.44. The van der Waals surface area contributed by atoms with Gasteiger partial charge in [-0.1, -0.05) is 37.1 Å². The Morgan fingerprint density at radius 3 is 2.84 bits per heavy atom. The number of hydrogen-bond acceptors (Lipinski definition) is 5. The molecule has 0 saturated carbocycles. The SMILES string of the molecule is CCCCOc1cccc([C@@H]2c3c(-c4cc(C)ccc4O)n[nH]c3C(=O)N2CCO)c1. The van der Waals surface area contributed by atoms with E-state index in [1.54, 1.807) is 11.0 Å². The van der Waals surface area contributed by atoms with E-state index < -0.39 is 6.04 Å². The topological polar surface area (TPSA) is 98.7 Å². The zero-order chi connectivity index (χ0) is 22.0. The van der Waals surface area contributed by atoms with E-state index in [-0.39, 0.29) is 24.8 Å². The lowest BCUT2D eigenvalue weighted by Crippen LogP contribution is -2.32. The number of amides is 1. The number of aliphatic hydroxyl groups excluding tert-OH is 1. The number of phenolic OH excluding ortho intramolecular Hbond substituents is 1. The molecule has 1 aromatic heterocycles. The smallest absolute Gasteiger partial charge is 0.273 e. The molecule has 0 saturated heterocycles. The average molecular weight is 421 g/mol. The summed E-state index contributed by atoms with van der Waals surface area (Å²) in [4.78, 5) is 14.7. The van der Waals surface area contributed by atoms with Crippen molar-refractivity contribution >= 4 is 5.91 Å². The fourth-order valence-corrected chi connectivity index (χ4v) is 4.04. The van der Waals surface area contributed by atoms with Gasteiger partial charge in [0.1, 0.15) is 22.9 Å². The number of benzene rings is 2. The highest BCUT2D eigenvalue weighted by atomic mass is 16.5. The number of aliphatic hydroxyl groups is 1. The third kappa shape index (κ3) is 3.88. The van der Waals surface area contributed by atoms with Gasteiger partial charge in [0, 0.05) is 17.7 Å². The number of hydrogen-bond donors (Lipinski definition) is 3. The molecule has 0 unspecified atom stereocenters. The van der Waals surface area contributed by atoms with Gasteiger partial charge in [-0.3, -0.25) is 9.89 Å². The Morgan fingerprint density at radius 2 is 2.06 bits per heavy atom. The number of ether oxygens (including phenoxy) is 1. The number of aromatic amines is 1. The van der Waals surface area contributed by atoms with E-state index in [1.807, 2.05) is 43.3 Å². The van der Waals surface area contributed by atoms with Crippen molar-refractivity contribution < 1.29 is 19.7 Å². The van der Waals surface area contributed by atoms with Crippen molar-refractivity contribution in [3.8, 4) is 22.8 Å². The Balaban J connectivity index is 1.81. The summed E-state index contributed by atoms with van der Waals surface area (Å²) in [7, 11) is 0. The second-order valence-electron chi connectivity index (χ2n) is 7.78. The van der Waals surface area contributed by atoms with Gasteiger partial charge in [0.15, 0.2) is 0 Å². The molecular formula is C24H27N3O4. The molecule has 2 heterocycles. The number of rotatable bonds is 8. The lowest BCUT2D eigenvalue weighted by molar-refractivity contribution is 0.0706. The Morgan fingerprint density at radius 1 is 1.23 bits per heavy atom. The van der Waals surface area contributed by atoms with Crippen molar-refractivity contribution in [1.82, 2.24) is 15.1 Å². The average Bonchev–Trinajstić information content (AvgIpc) is 3.30. The Labute approximate surface area is 181 Å². The predicted molar refractivity (Wildman–Crippen MR) is 117 cm³/mol. The number of unbranched alkanes of at least 4 members (excludes halogenated alkanes) is 1. The lowest BCUT2D eigenvalue weighted by Gasteiger charge is -2.26. The number of fused-ring (bicyclic) bond motifs is 1. The van der Waals surface area contributed by atoms with E-state index in [2.05, 4.69) is 17.1 Å². The summed E-state index contributed by atoms with van der Waals surface area (Å²) >= 11 is 0. The van der Waals surface area contributed by atoms with Gasteiger partial charge in [-0.25, -0.2) is 0 Å². The first kappa shape index (κ1) is 20.9. The van der Waals surface area contributed by atoms with Crippen LogP contribution in [0.3, 0.4) is 0 Å². The van der Waals surface area contributed by atoms with Gasteiger partial charge in [0.25, 0.3) is 5.91 Å². The van der Waals surface area contributed by atoms with Gasteiger partial charge in [0.05, 0.1) is 19.3 Å². The molecular weight excluding hydrogens is 394 g/mol. The molecule has 1 aliphatic rings. The van der Waals surface area contributed by atoms with E-state index >= 15 is 0 Å². The highest BCUT2D eigenvalue weighted by Gasteiger charge is 2.42. The van der Waals surface area contributed by atoms with Crippen LogP contribution < -0.4 is 4.74 Å². The molecule has 0 radical (unpaired) electrons. The molecule has 2 aromatic carbocycles. The molecule has 1 amide bonds. The van der Waals surface area contributed by atoms with E-state index in [9.17, 15) is 15.0 Å². The van der Waals surface area contributed by atoms with Crippen LogP contribution in [-0.4, -0.2) is 51.0 Å². The number of aryl methyl sites for hydroxylation is 1. The van der Waals surface area contributed by atoms with E-state index in [4.69, 9.17) is 4.74 Å². The van der Waals surface area contributed by atoms with Crippen LogP contribution in [0, 0.1) is 6.92 Å². The first-order valence-corrected chi connectivity index (χ1v) is 10.6. The maximum atomic E-state index is 13.1. The Bertz CT molecular complexity index is 1090. The lowest BCUT2D eigenvalue weighted by atomic mass is 9.95. The molecule has 7 heteroatoms. The summed E-state index contributed by atoms with van der Waals surface area (Å²) in [6.07, 6.45) is 2.01. The number of nitrogens with zero attached hydrogens (tertiary/aromatic N) is 2. The Hall–Kier alpha value is -3.32. The van der Waals surface area contributed by atoms with Crippen LogP contribution in [0.15, 0.2) is 42.5 Å². The first-order valence-electron chi connectivity index (χ1n) is 10.6. The molecule has 1 atom stereocenters. The fraction of sp³-hybridized carbons (Fsp3) is 0.333. The first-order chi connectivity index (χ1) is 15.0. The van der Waals surface area contributed by atoms with E-state index in [0.717, 1.165) is 29.7 Å².